The molecule has 0 saturated carbocycles. The molecule has 8 nitrogen and oxygen atoms in total. The minimum Gasteiger partial charge on any atom is -0.354 e. The van der Waals surface area contributed by atoms with Crippen molar-refractivity contribution >= 4 is 29.4 Å². The zero-order chi connectivity index (χ0) is 23.8. The van der Waals surface area contributed by atoms with E-state index in [1.54, 1.807) is 30.4 Å². The molecule has 1 aliphatic rings. The highest BCUT2D eigenvalue weighted by atomic mass is 35.5. The third kappa shape index (κ3) is 7.27. The average Bonchev–Trinajstić information content (AvgIpc) is 2.81. The SMILES string of the molecule is CN(C)C/C=C/C(=O)N1CCc2cc(C(=O)N(C)CCCNc3ncc(Cl)cn3)ccc2C1. The van der Waals surface area contributed by atoms with Gasteiger partial charge >= 0.3 is 0 Å². The molecule has 176 valence electrons. The number of amides is 2. The Morgan fingerprint density at radius 1 is 1.18 bits per heavy atom. The first-order chi connectivity index (χ1) is 15.8. The second-order valence-electron chi connectivity index (χ2n) is 8.39. The third-order valence-corrected chi connectivity index (χ3v) is 5.62. The molecule has 0 saturated heterocycles. The Hall–Kier alpha value is -2.97. The summed E-state index contributed by atoms with van der Waals surface area (Å²) < 4.78 is 0. The highest BCUT2D eigenvalue weighted by Gasteiger charge is 2.21. The zero-order valence-electron chi connectivity index (χ0n) is 19.4. The summed E-state index contributed by atoms with van der Waals surface area (Å²) >= 11 is 5.78. The maximum Gasteiger partial charge on any atom is 0.253 e. The molecule has 2 amide bonds. The van der Waals surface area contributed by atoms with E-state index in [2.05, 4.69) is 15.3 Å². The number of carbonyl (C=O) groups is 2. The van der Waals surface area contributed by atoms with E-state index in [0.29, 0.717) is 42.7 Å². The lowest BCUT2D eigenvalue weighted by molar-refractivity contribution is -0.126. The first-order valence-electron chi connectivity index (χ1n) is 11.0. The Morgan fingerprint density at radius 3 is 2.67 bits per heavy atom. The Labute approximate surface area is 200 Å². The maximum absolute atomic E-state index is 12.9. The van der Waals surface area contributed by atoms with Crippen LogP contribution in [0.25, 0.3) is 0 Å². The van der Waals surface area contributed by atoms with Crippen molar-refractivity contribution in [3.05, 3.63) is 64.5 Å². The minimum atomic E-state index is -0.00864. The maximum atomic E-state index is 12.9. The molecule has 1 aromatic carbocycles. The Bertz CT molecular complexity index is 993. The van der Waals surface area contributed by atoms with Crippen molar-refractivity contribution < 1.29 is 9.59 Å². The number of aromatic nitrogens is 2. The topological polar surface area (TPSA) is 81.7 Å². The van der Waals surface area contributed by atoms with Crippen molar-refractivity contribution in [2.75, 3.05) is 52.6 Å². The van der Waals surface area contributed by atoms with Gasteiger partial charge in [0.2, 0.25) is 11.9 Å². The van der Waals surface area contributed by atoms with E-state index in [1.165, 1.54) is 0 Å². The standard InChI is InChI=1S/C24H31ClN6O2/c1-29(2)11-4-6-22(32)31-13-9-18-14-19(7-8-20(18)17-31)23(33)30(3)12-5-10-26-24-27-15-21(25)16-28-24/h4,6-8,14-16H,5,9-13,17H2,1-3H3,(H,26,27,28)/b6-4+. The molecule has 2 heterocycles. The fraction of sp³-hybridized carbons (Fsp3) is 0.417. The van der Waals surface area contributed by atoms with Crippen LogP contribution in [0.3, 0.4) is 0 Å². The largest absolute Gasteiger partial charge is 0.354 e. The predicted octanol–water partition coefficient (Wildman–Crippen LogP) is 2.71. The van der Waals surface area contributed by atoms with Crippen molar-refractivity contribution in [3.8, 4) is 0 Å². The first kappa shape index (κ1) is 24.7. The lowest BCUT2D eigenvalue weighted by Gasteiger charge is -2.28. The van der Waals surface area contributed by atoms with Crippen LogP contribution in [0.1, 0.15) is 27.9 Å². The molecule has 0 atom stereocenters. The number of carbonyl (C=O) groups excluding carboxylic acids is 2. The Morgan fingerprint density at radius 2 is 1.94 bits per heavy atom. The van der Waals surface area contributed by atoms with Gasteiger partial charge < -0.3 is 20.0 Å². The molecule has 0 radical (unpaired) electrons. The Balaban J connectivity index is 1.49. The number of fused-ring (bicyclic) bond motifs is 1. The summed E-state index contributed by atoms with van der Waals surface area (Å²) in [5, 5.41) is 3.61. The predicted molar refractivity (Wildman–Crippen MR) is 130 cm³/mol. The molecule has 1 aromatic heterocycles. The van der Waals surface area contributed by atoms with Gasteiger partial charge in [-0.2, -0.15) is 0 Å². The molecular weight excluding hydrogens is 440 g/mol. The first-order valence-corrected chi connectivity index (χ1v) is 11.4. The van der Waals surface area contributed by atoms with Crippen molar-refractivity contribution in [1.29, 1.82) is 0 Å². The normalized spacial score (nSPS) is 13.3. The van der Waals surface area contributed by atoms with E-state index < -0.39 is 0 Å². The van der Waals surface area contributed by atoms with Crippen LogP contribution >= 0.6 is 11.6 Å². The molecule has 1 aliphatic heterocycles. The molecule has 9 heteroatoms. The summed E-state index contributed by atoms with van der Waals surface area (Å²) in [5.74, 6) is 0.537. The van der Waals surface area contributed by atoms with Crippen LogP contribution in [0.4, 0.5) is 5.95 Å². The van der Waals surface area contributed by atoms with E-state index in [4.69, 9.17) is 11.6 Å². The molecule has 0 spiro atoms. The Kier molecular flexibility index (Phi) is 8.79. The average molecular weight is 471 g/mol. The number of nitrogens with zero attached hydrogens (tertiary/aromatic N) is 5. The van der Waals surface area contributed by atoms with Crippen LogP contribution in [-0.4, -0.2) is 83.8 Å². The van der Waals surface area contributed by atoms with E-state index in [0.717, 1.165) is 30.5 Å². The highest BCUT2D eigenvalue weighted by Crippen LogP contribution is 2.21. The van der Waals surface area contributed by atoms with Crippen LogP contribution in [0.5, 0.6) is 0 Å². The third-order valence-electron chi connectivity index (χ3n) is 5.43. The van der Waals surface area contributed by atoms with Gasteiger partial charge in [-0.1, -0.05) is 23.7 Å². The second kappa shape index (κ2) is 11.8. The number of nitrogens with one attached hydrogen (secondary N) is 1. The second-order valence-corrected chi connectivity index (χ2v) is 8.83. The van der Waals surface area contributed by atoms with E-state index in [-0.39, 0.29) is 11.8 Å². The lowest BCUT2D eigenvalue weighted by atomic mass is 9.96. The van der Waals surface area contributed by atoms with Gasteiger partial charge in [0.25, 0.3) is 5.91 Å². The van der Waals surface area contributed by atoms with Gasteiger partial charge in [0.1, 0.15) is 0 Å². The monoisotopic (exact) mass is 470 g/mol. The van der Waals surface area contributed by atoms with Gasteiger partial charge in [-0.25, -0.2) is 9.97 Å². The molecule has 0 unspecified atom stereocenters. The fourth-order valence-corrected chi connectivity index (χ4v) is 3.68. The van der Waals surface area contributed by atoms with Gasteiger partial charge in [-0.05, 0) is 50.2 Å². The fourth-order valence-electron chi connectivity index (χ4n) is 3.59. The molecule has 33 heavy (non-hydrogen) atoms. The quantitative estimate of drug-likeness (QED) is 0.448. The van der Waals surface area contributed by atoms with Gasteiger partial charge in [-0.3, -0.25) is 9.59 Å². The summed E-state index contributed by atoms with van der Waals surface area (Å²) in [5.41, 5.74) is 2.91. The van der Waals surface area contributed by atoms with E-state index >= 15 is 0 Å². The molecule has 0 aliphatic carbocycles. The van der Waals surface area contributed by atoms with Crippen molar-refractivity contribution in [2.45, 2.75) is 19.4 Å². The van der Waals surface area contributed by atoms with Crippen molar-refractivity contribution in [3.63, 3.8) is 0 Å². The number of hydrogen-bond donors (Lipinski definition) is 1. The zero-order valence-corrected chi connectivity index (χ0v) is 20.2. The lowest BCUT2D eigenvalue weighted by Crippen LogP contribution is -2.35. The van der Waals surface area contributed by atoms with Crippen LogP contribution < -0.4 is 5.32 Å². The molecular formula is C24H31ClN6O2. The van der Waals surface area contributed by atoms with Crippen molar-refractivity contribution in [1.82, 2.24) is 24.7 Å². The number of hydrogen-bond acceptors (Lipinski definition) is 6. The minimum absolute atomic E-state index is 0.00864. The number of benzene rings is 1. The molecule has 0 bridgehead atoms. The summed E-state index contributed by atoms with van der Waals surface area (Å²) in [7, 11) is 5.74. The number of rotatable bonds is 9. The summed E-state index contributed by atoms with van der Waals surface area (Å²) in [6.07, 6.45) is 8.12. The van der Waals surface area contributed by atoms with E-state index in [1.807, 2.05) is 48.2 Å². The summed E-state index contributed by atoms with van der Waals surface area (Å²) in [4.78, 5) is 39.1. The molecule has 0 fully saturated rings. The van der Waals surface area contributed by atoms with Crippen LogP contribution in [0, 0.1) is 0 Å². The number of anilines is 1. The summed E-state index contributed by atoms with van der Waals surface area (Å²) in [6, 6.07) is 5.80. The van der Waals surface area contributed by atoms with Crippen LogP contribution in [0.15, 0.2) is 42.7 Å². The molecule has 2 aromatic rings. The number of likely N-dealkylation sites (N-methyl/N-ethyl adjacent to an activating group) is 1. The smallest absolute Gasteiger partial charge is 0.253 e. The highest BCUT2D eigenvalue weighted by molar-refractivity contribution is 6.30. The van der Waals surface area contributed by atoms with E-state index in [9.17, 15) is 9.59 Å². The summed E-state index contributed by atoms with van der Waals surface area (Å²) in [6.45, 7) is 3.22. The van der Waals surface area contributed by atoms with Crippen LogP contribution in [-0.2, 0) is 17.8 Å². The molecule has 3 rings (SSSR count). The van der Waals surface area contributed by atoms with Gasteiger partial charge in [-0.15, -0.1) is 0 Å². The molecule has 1 N–H and O–H groups in total. The van der Waals surface area contributed by atoms with Gasteiger partial charge in [0.05, 0.1) is 17.4 Å². The number of halogens is 1. The van der Waals surface area contributed by atoms with Gasteiger partial charge in [0.15, 0.2) is 0 Å². The van der Waals surface area contributed by atoms with Gasteiger partial charge in [0, 0.05) is 51.4 Å². The van der Waals surface area contributed by atoms with Crippen LogP contribution in [0.2, 0.25) is 5.02 Å². The van der Waals surface area contributed by atoms with Crippen molar-refractivity contribution in [2.24, 2.45) is 0 Å².